The number of rotatable bonds is 6. The predicted octanol–water partition coefficient (Wildman–Crippen LogP) is 3.27. The molecule has 0 bridgehead atoms. The summed E-state index contributed by atoms with van der Waals surface area (Å²) in [6.45, 7) is 0.652. The Kier molecular flexibility index (Phi) is 5.20. The first kappa shape index (κ1) is 14.4. The van der Waals surface area contributed by atoms with Gasteiger partial charge in [-0.15, -0.1) is 0 Å². The smallest absolute Gasteiger partial charge is 0.174 e. The normalized spacial score (nSPS) is 9.43. The Morgan fingerprint density at radius 1 is 0.952 bits per heavy atom. The van der Waals surface area contributed by atoms with E-state index >= 15 is 0 Å². The van der Waals surface area contributed by atoms with E-state index in [1.54, 1.807) is 0 Å². The van der Waals surface area contributed by atoms with Crippen LogP contribution in [0.15, 0.2) is 48.5 Å². The van der Waals surface area contributed by atoms with Crippen molar-refractivity contribution >= 4 is 5.69 Å². The van der Waals surface area contributed by atoms with Crippen LogP contribution in [0.5, 0.6) is 5.75 Å². The highest BCUT2D eigenvalue weighted by molar-refractivity contribution is 5.46. The first-order valence-corrected chi connectivity index (χ1v) is 6.61. The molecule has 0 amide bonds. The minimum Gasteiger partial charge on any atom is -0.478 e. The zero-order chi connectivity index (χ0) is 14.9. The maximum absolute atomic E-state index is 8.64. The zero-order valence-electron chi connectivity index (χ0n) is 11.5. The van der Waals surface area contributed by atoms with Crippen LogP contribution < -0.4 is 10.1 Å². The Morgan fingerprint density at radius 3 is 2.43 bits per heavy atom. The summed E-state index contributed by atoms with van der Waals surface area (Å²) in [4.78, 5) is 0. The third-order valence-corrected chi connectivity index (χ3v) is 2.98. The summed E-state index contributed by atoms with van der Waals surface area (Å²) in [5.41, 5.74) is 2.97. The summed E-state index contributed by atoms with van der Waals surface area (Å²) >= 11 is 0. The van der Waals surface area contributed by atoms with Crippen molar-refractivity contribution in [2.24, 2.45) is 0 Å². The molecule has 0 aromatic heterocycles. The molecular weight excluding hydrogens is 262 g/mol. The SMILES string of the molecule is N#CCOc1ccccc1CNc1ccc(CC#N)cc1. The van der Waals surface area contributed by atoms with E-state index in [2.05, 4.69) is 11.4 Å². The van der Waals surface area contributed by atoms with Crippen LogP contribution in [0, 0.1) is 22.7 Å². The van der Waals surface area contributed by atoms with Gasteiger partial charge < -0.3 is 10.1 Å². The van der Waals surface area contributed by atoms with Gasteiger partial charge in [0.1, 0.15) is 11.8 Å². The lowest BCUT2D eigenvalue weighted by Crippen LogP contribution is -2.03. The molecule has 4 heteroatoms. The number of para-hydroxylation sites is 1. The summed E-state index contributed by atoms with van der Waals surface area (Å²) in [7, 11) is 0. The van der Waals surface area contributed by atoms with Gasteiger partial charge in [-0.3, -0.25) is 0 Å². The van der Waals surface area contributed by atoms with Crippen molar-refractivity contribution < 1.29 is 4.74 Å². The van der Waals surface area contributed by atoms with E-state index < -0.39 is 0 Å². The van der Waals surface area contributed by atoms with Crippen molar-refractivity contribution in [1.82, 2.24) is 0 Å². The number of nitrogens with zero attached hydrogens (tertiary/aromatic N) is 2. The zero-order valence-corrected chi connectivity index (χ0v) is 11.5. The van der Waals surface area contributed by atoms with Crippen LogP contribution >= 0.6 is 0 Å². The molecule has 2 aromatic carbocycles. The van der Waals surface area contributed by atoms with Crippen LogP contribution in [0.4, 0.5) is 5.69 Å². The number of hydrogen-bond acceptors (Lipinski definition) is 4. The third kappa shape index (κ3) is 4.26. The molecule has 104 valence electrons. The van der Waals surface area contributed by atoms with Gasteiger partial charge in [-0.25, -0.2) is 0 Å². The van der Waals surface area contributed by atoms with E-state index in [-0.39, 0.29) is 6.61 Å². The molecule has 0 aliphatic heterocycles. The Balaban J connectivity index is 1.99. The summed E-state index contributed by atoms with van der Waals surface area (Å²) < 4.78 is 5.39. The first-order valence-electron chi connectivity index (χ1n) is 6.61. The summed E-state index contributed by atoms with van der Waals surface area (Å²) in [6.07, 6.45) is 0.422. The second kappa shape index (κ2) is 7.57. The molecule has 0 saturated heterocycles. The molecule has 0 aliphatic carbocycles. The number of nitrogens with one attached hydrogen (secondary N) is 1. The third-order valence-electron chi connectivity index (χ3n) is 2.98. The number of ether oxygens (including phenoxy) is 1. The molecule has 0 heterocycles. The van der Waals surface area contributed by atoms with Gasteiger partial charge >= 0.3 is 0 Å². The fraction of sp³-hybridized carbons (Fsp3) is 0.176. The second-order valence-corrected chi connectivity index (χ2v) is 4.44. The van der Waals surface area contributed by atoms with Crippen LogP contribution in [0.25, 0.3) is 0 Å². The molecule has 1 N–H and O–H groups in total. The Labute approximate surface area is 124 Å². The molecule has 4 nitrogen and oxygen atoms in total. The van der Waals surface area contributed by atoms with Gasteiger partial charge in [0.05, 0.1) is 12.5 Å². The van der Waals surface area contributed by atoms with E-state index in [0.717, 1.165) is 16.8 Å². The fourth-order valence-corrected chi connectivity index (χ4v) is 1.93. The van der Waals surface area contributed by atoms with Crippen LogP contribution in [-0.2, 0) is 13.0 Å². The number of anilines is 1. The highest BCUT2D eigenvalue weighted by Gasteiger charge is 2.02. The first-order chi connectivity index (χ1) is 10.3. The molecule has 0 unspecified atom stereocenters. The molecule has 0 radical (unpaired) electrons. The topological polar surface area (TPSA) is 68.8 Å². The lowest BCUT2D eigenvalue weighted by atomic mass is 10.1. The van der Waals surface area contributed by atoms with Crippen LogP contribution in [0.1, 0.15) is 11.1 Å². The maximum Gasteiger partial charge on any atom is 0.174 e. The molecule has 2 aromatic rings. The molecule has 0 fully saturated rings. The van der Waals surface area contributed by atoms with Crippen LogP contribution in [0.2, 0.25) is 0 Å². The lowest BCUT2D eigenvalue weighted by Gasteiger charge is -2.11. The van der Waals surface area contributed by atoms with Crippen molar-refractivity contribution in [3.63, 3.8) is 0 Å². The monoisotopic (exact) mass is 277 g/mol. The molecular formula is C17H15N3O. The maximum atomic E-state index is 8.64. The summed E-state index contributed by atoms with van der Waals surface area (Å²) in [6, 6.07) is 19.5. The lowest BCUT2D eigenvalue weighted by molar-refractivity contribution is 0.364. The summed E-state index contributed by atoms with van der Waals surface area (Å²) in [5, 5.41) is 20.5. The van der Waals surface area contributed by atoms with Crippen molar-refractivity contribution in [3.05, 3.63) is 59.7 Å². The highest BCUT2D eigenvalue weighted by atomic mass is 16.5. The summed E-state index contributed by atoms with van der Waals surface area (Å²) in [5.74, 6) is 0.715. The average Bonchev–Trinajstić information content (AvgIpc) is 2.53. The van der Waals surface area contributed by atoms with E-state index in [0.29, 0.717) is 18.7 Å². The Hall–Kier alpha value is -2.98. The molecule has 0 spiro atoms. The average molecular weight is 277 g/mol. The predicted molar refractivity (Wildman–Crippen MR) is 80.6 cm³/mol. The van der Waals surface area contributed by atoms with Gasteiger partial charge in [0.15, 0.2) is 6.61 Å². The quantitative estimate of drug-likeness (QED) is 0.879. The number of hydrogen-bond donors (Lipinski definition) is 1. The number of nitriles is 2. The van der Waals surface area contributed by atoms with E-state index in [1.165, 1.54) is 0 Å². The van der Waals surface area contributed by atoms with Crippen molar-refractivity contribution in [1.29, 1.82) is 10.5 Å². The molecule has 0 saturated carbocycles. The van der Waals surface area contributed by atoms with E-state index in [4.69, 9.17) is 15.3 Å². The van der Waals surface area contributed by atoms with Crippen molar-refractivity contribution in [2.45, 2.75) is 13.0 Å². The van der Waals surface area contributed by atoms with Crippen LogP contribution in [0.3, 0.4) is 0 Å². The minimum atomic E-state index is 0.0415. The second-order valence-electron chi connectivity index (χ2n) is 4.44. The Morgan fingerprint density at radius 2 is 1.71 bits per heavy atom. The molecule has 2 rings (SSSR count). The standard InChI is InChI=1S/C17H15N3O/c18-10-9-14-5-7-16(8-6-14)20-13-15-3-1-2-4-17(15)21-12-11-19/h1-8,20H,9,12-13H2. The van der Waals surface area contributed by atoms with Gasteiger partial charge in [-0.1, -0.05) is 30.3 Å². The van der Waals surface area contributed by atoms with Crippen molar-refractivity contribution in [2.75, 3.05) is 11.9 Å². The largest absolute Gasteiger partial charge is 0.478 e. The van der Waals surface area contributed by atoms with Gasteiger partial charge in [0.2, 0.25) is 0 Å². The van der Waals surface area contributed by atoms with Crippen molar-refractivity contribution in [3.8, 4) is 17.9 Å². The van der Waals surface area contributed by atoms with E-state index in [9.17, 15) is 0 Å². The highest BCUT2D eigenvalue weighted by Crippen LogP contribution is 2.19. The van der Waals surface area contributed by atoms with Crippen LogP contribution in [-0.4, -0.2) is 6.61 Å². The molecule has 0 atom stereocenters. The van der Waals surface area contributed by atoms with Gasteiger partial charge in [0, 0.05) is 17.8 Å². The van der Waals surface area contributed by atoms with Gasteiger partial charge in [-0.05, 0) is 23.8 Å². The minimum absolute atomic E-state index is 0.0415. The molecule has 21 heavy (non-hydrogen) atoms. The fourth-order valence-electron chi connectivity index (χ4n) is 1.93. The van der Waals surface area contributed by atoms with Gasteiger partial charge in [-0.2, -0.15) is 10.5 Å². The molecule has 0 aliphatic rings. The van der Waals surface area contributed by atoms with E-state index in [1.807, 2.05) is 54.6 Å². The Bertz CT molecular complexity index is 666. The van der Waals surface area contributed by atoms with Gasteiger partial charge in [0.25, 0.3) is 0 Å². The number of benzene rings is 2.